The largest absolute Gasteiger partial charge is 0.452 e. The number of aliphatic imine (C=N–C) groups is 1. The lowest BCUT2D eigenvalue weighted by molar-refractivity contribution is -0.208. The van der Waals surface area contributed by atoms with E-state index in [2.05, 4.69) is 25.0 Å². The van der Waals surface area contributed by atoms with E-state index in [1.165, 1.54) is 13.0 Å². The molecule has 0 bridgehead atoms. The first-order valence-corrected chi connectivity index (χ1v) is 8.92. The Morgan fingerprint density at radius 2 is 2.10 bits per heavy atom. The zero-order valence-corrected chi connectivity index (χ0v) is 16.4. The Bertz CT molecular complexity index is 1120. The van der Waals surface area contributed by atoms with Gasteiger partial charge in [-0.3, -0.25) is 4.79 Å². The predicted octanol–water partition coefficient (Wildman–Crippen LogP) is 3.27. The van der Waals surface area contributed by atoms with Crippen molar-refractivity contribution in [2.75, 3.05) is 5.32 Å². The van der Waals surface area contributed by atoms with Gasteiger partial charge in [0.15, 0.2) is 6.10 Å². The molecule has 13 heteroatoms. The average Bonchev–Trinajstić information content (AvgIpc) is 2.67. The van der Waals surface area contributed by atoms with Crippen molar-refractivity contribution in [3.8, 4) is 6.07 Å². The molecule has 0 fully saturated rings. The Morgan fingerprint density at radius 1 is 1.39 bits per heavy atom. The molecule has 3 heterocycles. The number of alkyl halides is 3. The predicted molar refractivity (Wildman–Crippen MR) is 101 cm³/mol. The molecule has 3 rings (SSSR count). The highest BCUT2D eigenvalue weighted by atomic mass is 35.5. The molecule has 31 heavy (non-hydrogen) atoms. The number of nitriles is 1. The van der Waals surface area contributed by atoms with Crippen molar-refractivity contribution in [2.45, 2.75) is 31.2 Å². The molecular weight excluding hydrogens is 444 g/mol. The number of amidine groups is 1. The third kappa shape index (κ3) is 4.66. The standard InChI is InChI=1S/C18H13ClF4N6O2/c1-17(4-12(18(21,22)23)31-16(25)29-17)10-3-9(7-27-14(10)20)28-15(30)13-11(19)2-8(5-24)6-26-13/h2-3,6-7,12H,4H2,1H3,(H2,25,29)(H,28,30)/t12-,17+/m0/s1. The maximum atomic E-state index is 14.4. The van der Waals surface area contributed by atoms with Crippen molar-refractivity contribution in [2.24, 2.45) is 10.7 Å². The summed E-state index contributed by atoms with van der Waals surface area (Å²) >= 11 is 5.94. The van der Waals surface area contributed by atoms with E-state index in [4.69, 9.17) is 22.6 Å². The summed E-state index contributed by atoms with van der Waals surface area (Å²) in [7, 11) is 0. The van der Waals surface area contributed by atoms with E-state index < -0.39 is 42.1 Å². The SMILES string of the molecule is C[C@]1(c2cc(NC(=O)c3ncc(C#N)cc3Cl)cnc2F)C[C@@H](C(F)(F)F)OC(N)=N1. The Morgan fingerprint density at radius 3 is 2.71 bits per heavy atom. The van der Waals surface area contributed by atoms with Crippen molar-refractivity contribution < 1.29 is 27.1 Å². The minimum Gasteiger partial charge on any atom is -0.452 e. The number of aromatic nitrogens is 2. The summed E-state index contributed by atoms with van der Waals surface area (Å²) < 4.78 is 58.5. The highest BCUT2D eigenvalue weighted by Gasteiger charge is 2.50. The zero-order valence-electron chi connectivity index (χ0n) is 15.7. The van der Waals surface area contributed by atoms with E-state index in [0.717, 1.165) is 18.5 Å². The number of carbonyl (C=O) groups excluding carboxylic acids is 1. The molecule has 0 saturated carbocycles. The third-order valence-corrected chi connectivity index (χ3v) is 4.72. The van der Waals surface area contributed by atoms with E-state index in [1.54, 1.807) is 0 Å². The normalized spacial score (nSPS) is 20.9. The number of ether oxygens (including phenoxy) is 1. The molecular formula is C18H13ClF4N6O2. The molecule has 0 aliphatic carbocycles. The van der Waals surface area contributed by atoms with Crippen LogP contribution in [0.2, 0.25) is 5.02 Å². The van der Waals surface area contributed by atoms with Gasteiger partial charge in [0.2, 0.25) is 5.95 Å². The van der Waals surface area contributed by atoms with E-state index in [1.807, 2.05) is 6.07 Å². The summed E-state index contributed by atoms with van der Waals surface area (Å²) in [4.78, 5) is 23.6. The van der Waals surface area contributed by atoms with Crippen LogP contribution in [0.5, 0.6) is 0 Å². The lowest BCUT2D eigenvalue weighted by atomic mass is 9.86. The number of carbonyl (C=O) groups is 1. The second-order valence-electron chi connectivity index (χ2n) is 6.76. The van der Waals surface area contributed by atoms with Crippen LogP contribution in [0, 0.1) is 17.3 Å². The van der Waals surface area contributed by atoms with Crippen LogP contribution >= 0.6 is 11.6 Å². The van der Waals surface area contributed by atoms with Gasteiger partial charge >= 0.3 is 6.18 Å². The highest BCUT2D eigenvalue weighted by molar-refractivity contribution is 6.34. The molecule has 0 saturated heterocycles. The molecule has 2 atom stereocenters. The van der Waals surface area contributed by atoms with E-state index in [9.17, 15) is 22.4 Å². The van der Waals surface area contributed by atoms with Gasteiger partial charge in [-0.15, -0.1) is 0 Å². The monoisotopic (exact) mass is 456 g/mol. The van der Waals surface area contributed by atoms with Crippen molar-refractivity contribution in [1.82, 2.24) is 9.97 Å². The van der Waals surface area contributed by atoms with Gasteiger partial charge in [0.1, 0.15) is 11.8 Å². The van der Waals surface area contributed by atoms with Gasteiger partial charge in [-0.05, 0) is 19.1 Å². The summed E-state index contributed by atoms with van der Waals surface area (Å²) in [6.45, 7) is 1.24. The number of halogens is 5. The number of nitrogens with one attached hydrogen (secondary N) is 1. The first-order valence-electron chi connectivity index (χ1n) is 8.54. The number of nitrogens with two attached hydrogens (primary N) is 1. The number of rotatable bonds is 3. The lowest BCUT2D eigenvalue weighted by Crippen LogP contribution is -2.46. The second kappa shape index (κ2) is 7.99. The smallest absolute Gasteiger partial charge is 0.425 e. The highest BCUT2D eigenvalue weighted by Crippen LogP contribution is 2.41. The molecule has 1 aliphatic rings. The van der Waals surface area contributed by atoms with Gasteiger partial charge in [0.25, 0.3) is 11.9 Å². The molecule has 8 nitrogen and oxygen atoms in total. The molecule has 0 aromatic carbocycles. The van der Waals surface area contributed by atoms with E-state index in [0.29, 0.717) is 0 Å². The summed E-state index contributed by atoms with van der Waals surface area (Å²) in [6.07, 6.45) is -5.71. The Labute approximate surface area is 177 Å². The quantitative estimate of drug-likeness (QED) is 0.539. The number of nitrogens with zero attached hydrogens (tertiary/aromatic N) is 4. The van der Waals surface area contributed by atoms with Crippen molar-refractivity contribution in [1.29, 1.82) is 5.26 Å². The van der Waals surface area contributed by atoms with Crippen LogP contribution in [-0.2, 0) is 10.3 Å². The van der Waals surface area contributed by atoms with Crippen LogP contribution in [0.1, 0.15) is 35.0 Å². The van der Waals surface area contributed by atoms with Crippen LogP contribution in [0.15, 0.2) is 29.5 Å². The molecule has 2 aromatic rings. The summed E-state index contributed by atoms with van der Waals surface area (Å²) in [5.74, 6) is -1.89. The van der Waals surface area contributed by atoms with Crippen LogP contribution in [-0.4, -0.2) is 34.2 Å². The van der Waals surface area contributed by atoms with Gasteiger partial charge in [-0.2, -0.15) is 22.8 Å². The van der Waals surface area contributed by atoms with Crippen LogP contribution < -0.4 is 11.1 Å². The topological polar surface area (TPSA) is 126 Å². The zero-order chi connectivity index (χ0) is 23.0. The Hall–Kier alpha value is -3.46. The molecule has 1 aliphatic heterocycles. The summed E-state index contributed by atoms with van der Waals surface area (Å²) in [6, 6.07) is 3.38. The van der Waals surface area contributed by atoms with Gasteiger partial charge in [0.05, 0.1) is 28.0 Å². The number of amides is 1. The van der Waals surface area contributed by atoms with Crippen LogP contribution in [0.3, 0.4) is 0 Å². The van der Waals surface area contributed by atoms with Gasteiger partial charge < -0.3 is 15.8 Å². The van der Waals surface area contributed by atoms with Crippen molar-refractivity contribution >= 4 is 29.2 Å². The van der Waals surface area contributed by atoms with Gasteiger partial charge in [-0.25, -0.2) is 15.0 Å². The summed E-state index contributed by atoms with van der Waals surface area (Å²) in [5.41, 5.74) is 3.17. The maximum Gasteiger partial charge on any atom is 0.425 e. The molecule has 2 aromatic heterocycles. The minimum absolute atomic E-state index is 0.0475. The van der Waals surface area contributed by atoms with Crippen LogP contribution in [0.4, 0.5) is 23.2 Å². The third-order valence-electron chi connectivity index (χ3n) is 4.43. The fourth-order valence-corrected chi connectivity index (χ4v) is 3.22. The van der Waals surface area contributed by atoms with E-state index in [-0.39, 0.29) is 27.5 Å². The average molecular weight is 457 g/mol. The number of pyridine rings is 2. The molecule has 0 radical (unpaired) electrons. The summed E-state index contributed by atoms with van der Waals surface area (Å²) in [5, 5.41) is 11.1. The maximum absolute atomic E-state index is 14.4. The first kappa shape index (κ1) is 22.2. The molecule has 0 spiro atoms. The minimum atomic E-state index is -4.75. The van der Waals surface area contributed by atoms with Gasteiger partial charge in [-0.1, -0.05) is 11.6 Å². The lowest BCUT2D eigenvalue weighted by Gasteiger charge is -2.35. The second-order valence-corrected chi connectivity index (χ2v) is 7.17. The van der Waals surface area contributed by atoms with Crippen molar-refractivity contribution in [3.63, 3.8) is 0 Å². The van der Waals surface area contributed by atoms with Crippen LogP contribution in [0.25, 0.3) is 0 Å². The fourth-order valence-electron chi connectivity index (χ4n) is 2.97. The Kier molecular flexibility index (Phi) is 5.73. The molecule has 0 unspecified atom stereocenters. The number of hydrogen-bond acceptors (Lipinski definition) is 7. The fraction of sp³-hybridized carbons (Fsp3) is 0.278. The molecule has 162 valence electrons. The first-order chi connectivity index (χ1) is 14.4. The van der Waals surface area contributed by atoms with E-state index >= 15 is 0 Å². The Balaban J connectivity index is 1.93. The van der Waals surface area contributed by atoms with Crippen molar-refractivity contribution in [3.05, 3.63) is 52.3 Å². The molecule has 3 N–H and O–H groups in total. The van der Waals surface area contributed by atoms with Gasteiger partial charge in [0, 0.05) is 18.2 Å². The number of hydrogen-bond donors (Lipinski definition) is 2. The molecule has 1 amide bonds. The number of anilines is 1.